The van der Waals surface area contributed by atoms with Gasteiger partial charge in [-0.15, -0.1) is 0 Å². The Labute approximate surface area is 235 Å². The number of fused-ring (bicyclic) bond motifs is 2. The number of aliphatic hydroxyl groups is 1. The number of imidazole rings is 1. The lowest BCUT2D eigenvalue weighted by Gasteiger charge is -2.39. The van der Waals surface area contributed by atoms with Crippen molar-refractivity contribution in [1.82, 2.24) is 19.3 Å². The number of alkyl halides is 3. The van der Waals surface area contributed by atoms with Crippen LogP contribution in [0.15, 0.2) is 60.9 Å². The van der Waals surface area contributed by atoms with Gasteiger partial charge in [-0.05, 0) is 48.4 Å². The highest BCUT2D eigenvalue weighted by Crippen LogP contribution is 2.45. The molecule has 0 bridgehead atoms. The molecule has 214 valence electrons. The number of hydrogen-bond donors (Lipinski definition) is 2. The van der Waals surface area contributed by atoms with Gasteiger partial charge in [0.15, 0.2) is 0 Å². The summed E-state index contributed by atoms with van der Waals surface area (Å²) in [7, 11) is 0. The second-order valence-electron chi connectivity index (χ2n) is 12.1. The maximum Gasteiger partial charge on any atom is 0.416 e. The number of hydrogen-bond acceptors (Lipinski definition) is 5. The van der Waals surface area contributed by atoms with Gasteiger partial charge in [-0.1, -0.05) is 50.2 Å². The van der Waals surface area contributed by atoms with Crippen LogP contribution in [0.25, 0.3) is 16.8 Å². The average molecular weight is 564 g/mol. The van der Waals surface area contributed by atoms with Crippen molar-refractivity contribution in [3.05, 3.63) is 83.4 Å². The summed E-state index contributed by atoms with van der Waals surface area (Å²) in [6, 6.07) is 11.9. The molecule has 2 aliphatic rings. The third kappa shape index (κ3) is 4.54. The number of benzene rings is 2. The average Bonchev–Trinajstić information content (AvgIpc) is 3.43. The van der Waals surface area contributed by atoms with Gasteiger partial charge < -0.3 is 15.7 Å². The van der Waals surface area contributed by atoms with Crippen molar-refractivity contribution in [2.24, 2.45) is 5.41 Å². The lowest BCUT2D eigenvalue weighted by Crippen LogP contribution is -2.44. The molecule has 7 nitrogen and oxygen atoms in total. The summed E-state index contributed by atoms with van der Waals surface area (Å²) < 4.78 is 41.8. The molecule has 0 aliphatic carbocycles. The van der Waals surface area contributed by atoms with Crippen LogP contribution in [0.3, 0.4) is 0 Å². The number of rotatable bonds is 4. The van der Waals surface area contributed by atoms with E-state index in [1.165, 1.54) is 19.1 Å². The molecule has 41 heavy (non-hydrogen) atoms. The molecule has 2 fully saturated rings. The van der Waals surface area contributed by atoms with E-state index in [0.29, 0.717) is 35.6 Å². The number of halogens is 3. The largest absolute Gasteiger partial charge is 0.416 e. The molecule has 2 saturated heterocycles. The summed E-state index contributed by atoms with van der Waals surface area (Å²) in [5.74, 6) is 1.32. The normalized spacial score (nSPS) is 22.1. The van der Waals surface area contributed by atoms with Crippen LogP contribution in [0, 0.1) is 5.41 Å². The number of aromatic nitrogens is 3. The summed E-state index contributed by atoms with van der Waals surface area (Å²) in [6.07, 6.45) is 1.27. The van der Waals surface area contributed by atoms with Gasteiger partial charge in [0.1, 0.15) is 28.5 Å². The fourth-order valence-electron chi connectivity index (χ4n) is 6.57. The predicted molar refractivity (Wildman–Crippen MR) is 149 cm³/mol. The third-order valence-corrected chi connectivity index (χ3v) is 8.86. The van der Waals surface area contributed by atoms with Gasteiger partial charge in [0.05, 0.1) is 5.56 Å². The minimum atomic E-state index is -4.51. The zero-order valence-electron chi connectivity index (χ0n) is 23.1. The molecule has 3 N–H and O–H groups in total. The first-order chi connectivity index (χ1) is 19.3. The molecule has 2 aromatic heterocycles. The molecule has 10 heteroatoms. The molecule has 1 amide bonds. The Morgan fingerprint density at radius 3 is 2.46 bits per heavy atom. The van der Waals surface area contributed by atoms with Gasteiger partial charge in [-0.3, -0.25) is 9.20 Å². The van der Waals surface area contributed by atoms with Crippen LogP contribution in [0.2, 0.25) is 0 Å². The maximum atomic E-state index is 13.3. The van der Waals surface area contributed by atoms with Crippen LogP contribution in [0.1, 0.15) is 68.5 Å². The highest BCUT2D eigenvalue weighted by molar-refractivity contribution is 5.85. The number of piperidine rings is 1. The van der Waals surface area contributed by atoms with E-state index in [1.807, 2.05) is 15.5 Å². The number of nitrogen functional groups attached to an aromatic ring is 1. The number of carbonyl (C=O) groups is 1. The second-order valence-corrected chi connectivity index (χ2v) is 12.1. The number of anilines is 1. The summed E-state index contributed by atoms with van der Waals surface area (Å²) >= 11 is 0. The molecule has 4 aromatic rings. The third-order valence-electron chi connectivity index (χ3n) is 8.86. The Bertz CT molecular complexity index is 1640. The molecule has 3 atom stereocenters. The molecule has 0 unspecified atom stereocenters. The van der Waals surface area contributed by atoms with Gasteiger partial charge >= 0.3 is 6.18 Å². The summed E-state index contributed by atoms with van der Waals surface area (Å²) in [5.41, 5.74) is 6.38. The van der Waals surface area contributed by atoms with E-state index >= 15 is 0 Å². The molecule has 0 radical (unpaired) electrons. The fourth-order valence-corrected chi connectivity index (χ4v) is 6.57. The van der Waals surface area contributed by atoms with Crippen molar-refractivity contribution >= 4 is 17.2 Å². The standard InChI is InChI=1S/C31H32F3N5O2/c1-29(2)16-24(40)39-17-19(9-12-23(29)39)28-37-25(26-27(35)36-13-14-38(26)28)18-7-10-20(11-8-18)30(3,41)21-5-4-6-22(15-21)31(32,33)34/h4-8,10-11,13-15,19,23,41H,9,12,16-17H2,1-3H3,(H2,35,36)/t19-,23+,30+/m0/s1. The van der Waals surface area contributed by atoms with E-state index in [9.17, 15) is 23.1 Å². The van der Waals surface area contributed by atoms with Gasteiger partial charge in [0.2, 0.25) is 5.91 Å². The predicted octanol–water partition coefficient (Wildman–Crippen LogP) is 5.76. The van der Waals surface area contributed by atoms with E-state index in [2.05, 4.69) is 18.8 Å². The van der Waals surface area contributed by atoms with Crippen LogP contribution in [0.5, 0.6) is 0 Å². The second kappa shape index (κ2) is 9.30. The number of carbonyl (C=O) groups excluding carboxylic acids is 1. The molecule has 6 rings (SSSR count). The Balaban J connectivity index is 1.35. The topological polar surface area (TPSA) is 96.8 Å². The van der Waals surface area contributed by atoms with Crippen molar-refractivity contribution in [1.29, 1.82) is 0 Å². The van der Waals surface area contributed by atoms with Crippen molar-refractivity contribution in [3.8, 4) is 11.3 Å². The Morgan fingerprint density at radius 2 is 1.76 bits per heavy atom. The zero-order chi connectivity index (χ0) is 29.3. The molecular formula is C31H32F3N5O2. The van der Waals surface area contributed by atoms with Crippen molar-refractivity contribution < 1.29 is 23.1 Å². The molecule has 2 aliphatic heterocycles. The minimum Gasteiger partial charge on any atom is -0.382 e. The van der Waals surface area contributed by atoms with Crippen LogP contribution in [-0.4, -0.2) is 42.9 Å². The van der Waals surface area contributed by atoms with Crippen molar-refractivity contribution in [3.63, 3.8) is 0 Å². The molecular weight excluding hydrogens is 531 g/mol. The van der Waals surface area contributed by atoms with Gasteiger partial charge in [0, 0.05) is 42.9 Å². The molecule has 2 aromatic carbocycles. The number of nitrogens with two attached hydrogens (primary N) is 1. The van der Waals surface area contributed by atoms with Gasteiger partial charge in [-0.2, -0.15) is 13.2 Å². The first-order valence-corrected chi connectivity index (χ1v) is 13.7. The van der Waals surface area contributed by atoms with Crippen LogP contribution in [-0.2, 0) is 16.6 Å². The molecule has 4 heterocycles. The Hall–Kier alpha value is -3.92. The van der Waals surface area contributed by atoms with E-state index in [1.54, 1.807) is 30.5 Å². The van der Waals surface area contributed by atoms with E-state index in [0.717, 1.165) is 36.4 Å². The summed E-state index contributed by atoms with van der Waals surface area (Å²) in [6.45, 7) is 6.37. The van der Waals surface area contributed by atoms with Crippen LogP contribution in [0.4, 0.5) is 19.0 Å². The van der Waals surface area contributed by atoms with Crippen LogP contribution >= 0.6 is 0 Å². The Morgan fingerprint density at radius 1 is 1.05 bits per heavy atom. The Kier molecular flexibility index (Phi) is 6.19. The summed E-state index contributed by atoms with van der Waals surface area (Å²) in [4.78, 5) is 24.1. The van der Waals surface area contributed by atoms with Crippen LogP contribution < -0.4 is 5.73 Å². The highest BCUT2D eigenvalue weighted by atomic mass is 19.4. The SMILES string of the molecule is CC1(C)CC(=O)N2C[C@@H](c3nc(-c4ccc([C@@](C)(O)c5cccc(C(F)(F)F)c5)cc4)c4c(N)nccn34)CC[C@@H]21. The zero-order valence-corrected chi connectivity index (χ0v) is 23.1. The van der Waals surface area contributed by atoms with Crippen molar-refractivity contribution in [2.75, 3.05) is 12.3 Å². The van der Waals surface area contributed by atoms with Crippen molar-refractivity contribution in [2.45, 2.75) is 63.8 Å². The first kappa shape index (κ1) is 27.3. The van der Waals surface area contributed by atoms with Gasteiger partial charge in [0.25, 0.3) is 0 Å². The molecule has 0 saturated carbocycles. The lowest BCUT2D eigenvalue weighted by molar-refractivity contribution is -0.137. The monoisotopic (exact) mass is 563 g/mol. The quantitative estimate of drug-likeness (QED) is 0.329. The lowest BCUT2D eigenvalue weighted by atomic mass is 9.79. The maximum absolute atomic E-state index is 13.3. The van der Waals surface area contributed by atoms with Gasteiger partial charge in [-0.25, -0.2) is 9.97 Å². The van der Waals surface area contributed by atoms with E-state index < -0.39 is 17.3 Å². The fraction of sp³-hybridized carbons (Fsp3) is 0.387. The number of amides is 1. The number of nitrogens with zero attached hydrogens (tertiary/aromatic N) is 4. The minimum absolute atomic E-state index is 0.0214. The van der Waals surface area contributed by atoms with E-state index in [-0.39, 0.29) is 28.8 Å². The smallest absolute Gasteiger partial charge is 0.382 e. The molecule has 0 spiro atoms. The highest BCUT2D eigenvalue weighted by Gasteiger charge is 2.48. The van der Waals surface area contributed by atoms with E-state index in [4.69, 9.17) is 10.7 Å². The first-order valence-electron chi connectivity index (χ1n) is 13.7. The summed E-state index contributed by atoms with van der Waals surface area (Å²) in [5, 5.41) is 11.3.